The van der Waals surface area contributed by atoms with E-state index in [0.717, 1.165) is 0 Å². The zero-order valence-electron chi connectivity index (χ0n) is 9.93. The maximum atomic E-state index is 11.5. The van der Waals surface area contributed by atoms with Crippen LogP contribution in [0, 0.1) is 0 Å². The third-order valence-corrected chi connectivity index (χ3v) is 3.04. The van der Waals surface area contributed by atoms with Gasteiger partial charge in [-0.2, -0.15) is 0 Å². The molecular formula is C11H19N5O. The summed E-state index contributed by atoms with van der Waals surface area (Å²) in [5.41, 5.74) is 0. The second-order valence-corrected chi connectivity index (χ2v) is 4.38. The van der Waals surface area contributed by atoms with Gasteiger partial charge in [-0.05, 0) is 12.8 Å². The topological polar surface area (TPSA) is 71.8 Å². The van der Waals surface area contributed by atoms with E-state index in [4.69, 9.17) is 0 Å². The van der Waals surface area contributed by atoms with Crippen molar-refractivity contribution in [2.24, 2.45) is 0 Å². The minimum Gasteiger partial charge on any atom is -0.353 e. The number of amides is 1. The average molecular weight is 237 g/mol. The van der Waals surface area contributed by atoms with Gasteiger partial charge in [0, 0.05) is 18.8 Å². The second kappa shape index (κ2) is 6.34. The van der Waals surface area contributed by atoms with E-state index in [1.54, 1.807) is 17.1 Å². The van der Waals surface area contributed by atoms with Crippen LogP contribution in [0.2, 0.25) is 0 Å². The molecule has 1 fully saturated rings. The molecule has 0 atom stereocenters. The van der Waals surface area contributed by atoms with E-state index in [1.807, 2.05) is 0 Å². The van der Waals surface area contributed by atoms with E-state index >= 15 is 0 Å². The molecule has 1 saturated carbocycles. The summed E-state index contributed by atoms with van der Waals surface area (Å²) in [5.74, 6) is 0.0528. The number of rotatable bonds is 6. The van der Waals surface area contributed by atoms with Gasteiger partial charge in [-0.3, -0.25) is 9.48 Å². The molecule has 0 bridgehead atoms. The molecule has 0 saturated heterocycles. The van der Waals surface area contributed by atoms with Crippen LogP contribution in [0.25, 0.3) is 0 Å². The number of nitrogens with zero attached hydrogens (tertiary/aromatic N) is 3. The van der Waals surface area contributed by atoms with Gasteiger partial charge in [0.2, 0.25) is 5.91 Å². The molecule has 6 heteroatoms. The fourth-order valence-electron chi connectivity index (χ4n) is 2.09. The Labute approximate surface area is 101 Å². The Bertz CT molecular complexity index is 332. The van der Waals surface area contributed by atoms with Crippen LogP contribution in [0.1, 0.15) is 25.7 Å². The Hall–Kier alpha value is -1.43. The first-order valence-electron chi connectivity index (χ1n) is 6.19. The smallest absolute Gasteiger partial charge is 0.234 e. The summed E-state index contributed by atoms with van der Waals surface area (Å²) >= 11 is 0. The largest absolute Gasteiger partial charge is 0.353 e. The molecule has 0 aromatic carbocycles. The third kappa shape index (κ3) is 4.14. The highest BCUT2D eigenvalue weighted by atomic mass is 16.1. The lowest BCUT2D eigenvalue weighted by Crippen LogP contribution is -2.39. The lowest BCUT2D eigenvalue weighted by atomic mass is 10.2. The molecule has 1 aromatic heterocycles. The van der Waals surface area contributed by atoms with E-state index in [-0.39, 0.29) is 5.91 Å². The van der Waals surface area contributed by atoms with Crippen molar-refractivity contribution < 1.29 is 4.79 Å². The first-order chi connectivity index (χ1) is 8.34. The fraction of sp³-hybridized carbons (Fsp3) is 0.727. The molecule has 6 nitrogen and oxygen atoms in total. The lowest BCUT2D eigenvalue weighted by molar-refractivity contribution is -0.120. The number of hydrogen-bond acceptors (Lipinski definition) is 4. The molecule has 17 heavy (non-hydrogen) atoms. The zero-order valence-corrected chi connectivity index (χ0v) is 9.93. The molecule has 94 valence electrons. The predicted octanol–water partition coefficient (Wildman–Crippen LogP) is -0.0735. The maximum Gasteiger partial charge on any atom is 0.234 e. The van der Waals surface area contributed by atoms with E-state index < -0.39 is 0 Å². The quantitative estimate of drug-likeness (QED) is 0.726. The van der Waals surface area contributed by atoms with Crippen LogP contribution in [0.3, 0.4) is 0 Å². The summed E-state index contributed by atoms with van der Waals surface area (Å²) in [5, 5.41) is 13.7. The molecule has 1 aliphatic rings. The van der Waals surface area contributed by atoms with Gasteiger partial charge in [0.25, 0.3) is 0 Å². The number of carbonyl (C=O) groups excluding carboxylic acids is 1. The minimum atomic E-state index is 0.0528. The molecule has 0 unspecified atom stereocenters. The minimum absolute atomic E-state index is 0.0528. The average Bonchev–Trinajstić information content (AvgIpc) is 2.99. The summed E-state index contributed by atoms with van der Waals surface area (Å²) < 4.78 is 1.70. The lowest BCUT2D eigenvalue weighted by Gasteiger charge is -2.11. The number of hydrogen-bond donors (Lipinski definition) is 2. The highest BCUT2D eigenvalue weighted by Gasteiger charge is 2.14. The highest BCUT2D eigenvalue weighted by molar-refractivity contribution is 5.77. The van der Waals surface area contributed by atoms with E-state index in [2.05, 4.69) is 20.9 Å². The van der Waals surface area contributed by atoms with Crippen molar-refractivity contribution in [2.75, 3.05) is 13.1 Å². The van der Waals surface area contributed by atoms with Crippen LogP contribution in [-0.4, -0.2) is 40.0 Å². The van der Waals surface area contributed by atoms with E-state index in [1.165, 1.54) is 25.7 Å². The first-order valence-corrected chi connectivity index (χ1v) is 6.19. The Kier molecular flexibility index (Phi) is 4.49. The van der Waals surface area contributed by atoms with Crippen LogP contribution in [-0.2, 0) is 11.3 Å². The molecule has 0 spiro atoms. The SMILES string of the molecule is O=C(CNC1CCCC1)NCCn1ccnn1. The summed E-state index contributed by atoms with van der Waals surface area (Å²) in [6.07, 6.45) is 8.38. The highest BCUT2D eigenvalue weighted by Crippen LogP contribution is 2.17. The third-order valence-electron chi connectivity index (χ3n) is 3.04. The second-order valence-electron chi connectivity index (χ2n) is 4.38. The van der Waals surface area contributed by atoms with Crippen molar-refractivity contribution in [1.82, 2.24) is 25.6 Å². The molecule has 0 radical (unpaired) electrons. The van der Waals surface area contributed by atoms with Crippen molar-refractivity contribution in [3.63, 3.8) is 0 Å². The van der Waals surface area contributed by atoms with Crippen LogP contribution in [0.4, 0.5) is 0 Å². The summed E-state index contributed by atoms with van der Waals surface area (Å²) in [7, 11) is 0. The Morgan fingerprint density at radius 3 is 2.94 bits per heavy atom. The monoisotopic (exact) mass is 237 g/mol. The number of carbonyl (C=O) groups is 1. The standard InChI is InChI=1S/C11H19N5O/c17-11(9-13-10-3-1-2-4-10)12-5-7-16-8-6-14-15-16/h6,8,10,13H,1-5,7,9H2,(H,12,17). The van der Waals surface area contributed by atoms with Gasteiger partial charge < -0.3 is 10.6 Å². The predicted molar refractivity (Wildman–Crippen MR) is 63.3 cm³/mol. The van der Waals surface area contributed by atoms with Crippen molar-refractivity contribution in [3.05, 3.63) is 12.4 Å². The van der Waals surface area contributed by atoms with Crippen LogP contribution >= 0.6 is 0 Å². The molecule has 1 heterocycles. The normalized spacial score (nSPS) is 16.2. The van der Waals surface area contributed by atoms with Gasteiger partial charge in [0.1, 0.15) is 0 Å². The van der Waals surface area contributed by atoms with E-state index in [0.29, 0.717) is 25.7 Å². The molecule has 2 rings (SSSR count). The first kappa shape index (κ1) is 12.0. The van der Waals surface area contributed by atoms with Crippen LogP contribution < -0.4 is 10.6 Å². The van der Waals surface area contributed by atoms with Crippen molar-refractivity contribution in [2.45, 2.75) is 38.3 Å². The van der Waals surface area contributed by atoms with Gasteiger partial charge >= 0.3 is 0 Å². The molecule has 2 N–H and O–H groups in total. The van der Waals surface area contributed by atoms with Gasteiger partial charge in [-0.15, -0.1) is 5.10 Å². The van der Waals surface area contributed by atoms with E-state index in [9.17, 15) is 4.79 Å². The van der Waals surface area contributed by atoms with Crippen molar-refractivity contribution in [3.8, 4) is 0 Å². The van der Waals surface area contributed by atoms with Gasteiger partial charge in [0.15, 0.2) is 0 Å². The Morgan fingerprint density at radius 2 is 2.24 bits per heavy atom. The summed E-state index contributed by atoms with van der Waals surface area (Å²) in [6.45, 7) is 1.67. The number of aromatic nitrogens is 3. The zero-order chi connectivity index (χ0) is 11.9. The van der Waals surface area contributed by atoms with Crippen molar-refractivity contribution in [1.29, 1.82) is 0 Å². The summed E-state index contributed by atoms with van der Waals surface area (Å²) in [4.78, 5) is 11.5. The fourth-order valence-corrected chi connectivity index (χ4v) is 2.09. The molecule has 1 aliphatic carbocycles. The Morgan fingerprint density at radius 1 is 1.41 bits per heavy atom. The molecule has 1 aromatic rings. The Balaban J connectivity index is 1.54. The van der Waals surface area contributed by atoms with Gasteiger partial charge in [0.05, 0.1) is 19.3 Å². The van der Waals surface area contributed by atoms with Crippen LogP contribution in [0.15, 0.2) is 12.4 Å². The van der Waals surface area contributed by atoms with Gasteiger partial charge in [-0.1, -0.05) is 18.1 Å². The van der Waals surface area contributed by atoms with Crippen molar-refractivity contribution >= 4 is 5.91 Å². The molecule has 1 amide bonds. The summed E-state index contributed by atoms with van der Waals surface area (Å²) in [6, 6.07) is 0.538. The number of nitrogens with one attached hydrogen (secondary N) is 2. The molecular weight excluding hydrogens is 218 g/mol. The van der Waals surface area contributed by atoms with Gasteiger partial charge in [-0.25, -0.2) is 0 Å². The maximum absolute atomic E-state index is 11.5. The van der Waals surface area contributed by atoms with Crippen LogP contribution in [0.5, 0.6) is 0 Å². The molecule has 0 aliphatic heterocycles.